The van der Waals surface area contributed by atoms with E-state index < -0.39 is 0 Å². The van der Waals surface area contributed by atoms with E-state index in [0.29, 0.717) is 12.2 Å². The van der Waals surface area contributed by atoms with Gasteiger partial charge in [0, 0.05) is 32.3 Å². The predicted molar refractivity (Wildman–Crippen MR) is 94.8 cm³/mol. The van der Waals surface area contributed by atoms with Crippen LogP contribution in [0.4, 0.5) is 0 Å². The van der Waals surface area contributed by atoms with Crippen LogP contribution < -0.4 is 5.32 Å². The van der Waals surface area contributed by atoms with Crippen molar-refractivity contribution in [3.63, 3.8) is 0 Å². The molecule has 8 nitrogen and oxygen atoms in total. The maximum Gasteiger partial charge on any atom is 0.240 e. The number of carbonyl (C=O) groups excluding carboxylic acids is 2. The lowest BCUT2D eigenvalue weighted by Crippen LogP contribution is -2.30. The molecular formula is C18H24N6O2. The fraction of sp³-hybridized carbons (Fsp3) is 0.500. The van der Waals surface area contributed by atoms with Crippen LogP contribution >= 0.6 is 0 Å². The molecule has 1 atom stereocenters. The summed E-state index contributed by atoms with van der Waals surface area (Å²) in [5.74, 6) is 0.837. The van der Waals surface area contributed by atoms with Crippen LogP contribution in [0.3, 0.4) is 0 Å². The zero-order chi connectivity index (χ0) is 18.5. The van der Waals surface area contributed by atoms with Gasteiger partial charge in [-0.25, -0.2) is 4.98 Å². The molecule has 1 fully saturated rings. The summed E-state index contributed by atoms with van der Waals surface area (Å²) >= 11 is 0. The van der Waals surface area contributed by atoms with Crippen molar-refractivity contribution in [2.24, 2.45) is 0 Å². The van der Waals surface area contributed by atoms with Crippen molar-refractivity contribution in [1.29, 1.82) is 0 Å². The lowest BCUT2D eigenvalue weighted by atomic mass is 10.1. The number of hydrogen-bond donors (Lipinski definition) is 1. The van der Waals surface area contributed by atoms with Crippen LogP contribution in [0.15, 0.2) is 24.8 Å². The largest absolute Gasteiger partial charge is 0.349 e. The predicted octanol–water partition coefficient (Wildman–Crippen LogP) is 1.24. The highest BCUT2D eigenvalue weighted by molar-refractivity contribution is 5.75. The fourth-order valence-corrected chi connectivity index (χ4v) is 3.32. The highest BCUT2D eigenvalue weighted by atomic mass is 16.2. The lowest BCUT2D eigenvalue weighted by molar-refractivity contribution is -0.129. The van der Waals surface area contributed by atoms with Crippen molar-refractivity contribution in [3.05, 3.63) is 42.0 Å². The Morgan fingerprint density at radius 3 is 2.96 bits per heavy atom. The van der Waals surface area contributed by atoms with Crippen LogP contribution in [0.25, 0.3) is 0 Å². The van der Waals surface area contributed by atoms with Gasteiger partial charge in [0.05, 0.1) is 36.4 Å². The maximum atomic E-state index is 12.2. The number of likely N-dealkylation sites (tertiary alicyclic amines) is 1. The van der Waals surface area contributed by atoms with E-state index in [4.69, 9.17) is 0 Å². The van der Waals surface area contributed by atoms with E-state index in [9.17, 15) is 9.59 Å². The maximum absolute atomic E-state index is 12.2. The molecule has 0 spiro atoms. The molecule has 2 aromatic heterocycles. The summed E-state index contributed by atoms with van der Waals surface area (Å²) in [6, 6.07) is -0.0197. The number of nitrogens with one attached hydrogen (secondary N) is 1. The van der Waals surface area contributed by atoms with Gasteiger partial charge in [-0.1, -0.05) is 6.92 Å². The minimum Gasteiger partial charge on any atom is -0.349 e. The number of carbonyl (C=O) groups is 2. The molecule has 8 heteroatoms. The van der Waals surface area contributed by atoms with Crippen molar-refractivity contribution in [3.8, 4) is 0 Å². The number of amides is 2. The Morgan fingerprint density at radius 2 is 2.19 bits per heavy atom. The smallest absolute Gasteiger partial charge is 0.240 e. The second-order valence-electron chi connectivity index (χ2n) is 6.41. The summed E-state index contributed by atoms with van der Waals surface area (Å²) in [6.45, 7) is 4.88. The third kappa shape index (κ3) is 4.07. The Labute approximate surface area is 152 Å². The summed E-state index contributed by atoms with van der Waals surface area (Å²) < 4.78 is 1.83. The van der Waals surface area contributed by atoms with Crippen molar-refractivity contribution in [2.75, 3.05) is 6.54 Å². The van der Waals surface area contributed by atoms with Crippen LogP contribution in [0.2, 0.25) is 0 Å². The molecular weight excluding hydrogens is 332 g/mol. The van der Waals surface area contributed by atoms with E-state index in [1.807, 2.05) is 16.4 Å². The Morgan fingerprint density at radius 1 is 1.35 bits per heavy atom. The highest BCUT2D eigenvalue weighted by Crippen LogP contribution is 2.30. The van der Waals surface area contributed by atoms with Gasteiger partial charge in [0.1, 0.15) is 12.4 Å². The first-order valence-corrected chi connectivity index (χ1v) is 8.93. The van der Waals surface area contributed by atoms with Gasteiger partial charge in [-0.2, -0.15) is 0 Å². The first-order chi connectivity index (χ1) is 12.6. The Kier molecular flexibility index (Phi) is 5.60. The quantitative estimate of drug-likeness (QED) is 0.840. The van der Waals surface area contributed by atoms with Gasteiger partial charge in [0.25, 0.3) is 0 Å². The van der Waals surface area contributed by atoms with E-state index in [2.05, 4.69) is 20.3 Å². The van der Waals surface area contributed by atoms with Gasteiger partial charge < -0.3 is 14.8 Å². The Bertz CT molecular complexity index is 787. The third-order valence-corrected chi connectivity index (χ3v) is 4.60. The molecule has 1 aliphatic rings. The topological polar surface area (TPSA) is 93.0 Å². The van der Waals surface area contributed by atoms with Crippen molar-refractivity contribution in [1.82, 2.24) is 29.7 Å². The standard InChI is InChI=1S/C18H24N6O2/c1-3-17-20-6-8-23(17)12-18(26)21-10-14-9-19-11-15(22-14)16-5-4-7-24(16)13(2)25/h6,8-9,11,16H,3-5,7,10,12H2,1-2H3,(H,21,26)/t16-/m0/s1. The molecule has 1 saturated heterocycles. The second-order valence-corrected chi connectivity index (χ2v) is 6.41. The van der Waals surface area contributed by atoms with E-state index >= 15 is 0 Å². The van der Waals surface area contributed by atoms with Crippen LogP contribution in [-0.4, -0.2) is 42.8 Å². The van der Waals surface area contributed by atoms with Gasteiger partial charge in [-0.3, -0.25) is 19.6 Å². The molecule has 138 valence electrons. The molecule has 1 N–H and O–H groups in total. The third-order valence-electron chi connectivity index (χ3n) is 4.60. The number of aryl methyl sites for hydroxylation is 1. The monoisotopic (exact) mass is 356 g/mol. The molecule has 2 amide bonds. The summed E-state index contributed by atoms with van der Waals surface area (Å²) in [4.78, 5) is 38.8. The first kappa shape index (κ1) is 18.0. The first-order valence-electron chi connectivity index (χ1n) is 8.93. The fourth-order valence-electron chi connectivity index (χ4n) is 3.32. The highest BCUT2D eigenvalue weighted by Gasteiger charge is 2.29. The van der Waals surface area contributed by atoms with Gasteiger partial charge in [0.2, 0.25) is 11.8 Å². The number of hydrogen-bond acceptors (Lipinski definition) is 5. The van der Waals surface area contributed by atoms with Gasteiger partial charge >= 0.3 is 0 Å². The van der Waals surface area contributed by atoms with Gasteiger partial charge in [-0.05, 0) is 12.8 Å². The molecule has 3 rings (SSSR count). The van der Waals surface area contributed by atoms with Crippen LogP contribution in [0, 0.1) is 0 Å². The zero-order valence-electron chi connectivity index (χ0n) is 15.2. The Hall–Kier alpha value is -2.77. The van der Waals surface area contributed by atoms with E-state index in [1.54, 1.807) is 31.7 Å². The molecule has 26 heavy (non-hydrogen) atoms. The number of nitrogens with zero attached hydrogens (tertiary/aromatic N) is 5. The minimum absolute atomic E-state index is 0.0197. The van der Waals surface area contributed by atoms with E-state index in [-0.39, 0.29) is 24.4 Å². The van der Waals surface area contributed by atoms with Crippen LogP contribution in [-0.2, 0) is 29.1 Å². The van der Waals surface area contributed by atoms with Crippen molar-refractivity contribution in [2.45, 2.75) is 52.2 Å². The van der Waals surface area contributed by atoms with Crippen LogP contribution in [0.1, 0.15) is 49.9 Å². The second kappa shape index (κ2) is 8.07. The summed E-state index contributed by atoms with van der Waals surface area (Å²) in [7, 11) is 0. The lowest BCUT2D eigenvalue weighted by Gasteiger charge is -2.22. The average molecular weight is 356 g/mol. The van der Waals surface area contributed by atoms with Crippen molar-refractivity contribution >= 4 is 11.8 Å². The molecule has 0 unspecified atom stereocenters. The molecule has 0 aromatic carbocycles. The molecule has 2 aromatic rings. The zero-order valence-corrected chi connectivity index (χ0v) is 15.2. The number of rotatable bonds is 6. The SMILES string of the molecule is CCc1nccn1CC(=O)NCc1cncc([C@@H]2CCCN2C(C)=O)n1. The molecule has 0 saturated carbocycles. The summed E-state index contributed by atoms with van der Waals surface area (Å²) in [5.41, 5.74) is 1.47. The normalized spacial score (nSPS) is 16.7. The summed E-state index contributed by atoms with van der Waals surface area (Å²) in [6.07, 6.45) is 9.49. The molecule has 1 aliphatic heterocycles. The summed E-state index contributed by atoms with van der Waals surface area (Å²) in [5, 5.41) is 2.87. The van der Waals surface area contributed by atoms with Crippen LogP contribution in [0.5, 0.6) is 0 Å². The van der Waals surface area contributed by atoms with Gasteiger partial charge in [0.15, 0.2) is 0 Å². The average Bonchev–Trinajstić information content (AvgIpc) is 3.29. The molecule has 0 radical (unpaired) electrons. The Balaban J connectivity index is 1.60. The minimum atomic E-state index is -0.101. The molecule has 3 heterocycles. The van der Waals surface area contributed by atoms with Gasteiger partial charge in [-0.15, -0.1) is 0 Å². The van der Waals surface area contributed by atoms with E-state index in [1.165, 1.54) is 0 Å². The number of imidazole rings is 1. The number of aromatic nitrogens is 4. The van der Waals surface area contributed by atoms with Crippen molar-refractivity contribution < 1.29 is 9.59 Å². The van der Waals surface area contributed by atoms with E-state index in [0.717, 1.165) is 37.3 Å². The molecule has 0 aliphatic carbocycles. The molecule has 0 bridgehead atoms.